The average Bonchev–Trinajstić information content (AvgIpc) is 2.88. The summed E-state index contributed by atoms with van der Waals surface area (Å²) in [7, 11) is 0. The van der Waals surface area contributed by atoms with Gasteiger partial charge >= 0.3 is 0 Å². The Labute approximate surface area is 112 Å². The van der Waals surface area contributed by atoms with E-state index < -0.39 is 4.92 Å². The summed E-state index contributed by atoms with van der Waals surface area (Å²) in [5.41, 5.74) is 0.243. The van der Waals surface area contributed by atoms with Gasteiger partial charge in [-0.15, -0.1) is 11.8 Å². The molecule has 0 saturated carbocycles. The lowest BCUT2D eigenvalue weighted by Gasteiger charge is -1.96. The van der Waals surface area contributed by atoms with Gasteiger partial charge in [0.15, 0.2) is 0 Å². The Hall–Kier alpha value is -2.40. The summed E-state index contributed by atoms with van der Waals surface area (Å²) in [4.78, 5) is 14.5. The minimum atomic E-state index is -0.490. The molecule has 1 heterocycles. The van der Waals surface area contributed by atoms with Gasteiger partial charge in [0.1, 0.15) is 5.56 Å². The van der Waals surface area contributed by atoms with Crippen LogP contribution in [0.3, 0.4) is 0 Å². The van der Waals surface area contributed by atoms with Crippen LogP contribution in [0.4, 0.5) is 5.69 Å². The van der Waals surface area contributed by atoms with Gasteiger partial charge in [-0.05, 0) is 6.07 Å². The van der Waals surface area contributed by atoms with Crippen molar-refractivity contribution in [3.63, 3.8) is 0 Å². The molecule has 0 radical (unpaired) electrons. The fraction of sp³-hybridized carbons (Fsp3) is 0.182. The van der Waals surface area contributed by atoms with Crippen molar-refractivity contribution in [1.29, 1.82) is 5.26 Å². The number of aromatic nitrogens is 2. The zero-order valence-corrected chi connectivity index (χ0v) is 10.5. The van der Waals surface area contributed by atoms with Gasteiger partial charge in [-0.3, -0.25) is 10.1 Å². The monoisotopic (exact) mass is 276 g/mol. The molecule has 0 aliphatic heterocycles. The van der Waals surface area contributed by atoms with Crippen LogP contribution in [0.1, 0.15) is 5.89 Å². The second kappa shape index (κ2) is 5.97. The van der Waals surface area contributed by atoms with Crippen LogP contribution in [0.15, 0.2) is 28.8 Å². The quantitative estimate of drug-likeness (QED) is 0.469. The third-order valence-corrected chi connectivity index (χ3v) is 2.99. The third kappa shape index (κ3) is 3.08. The van der Waals surface area contributed by atoms with Gasteiger partial charge in [-0.1, -0.05) is 17.3 Å². The number of rotatable bonds is 5. The van der Waals surface area contributed by atoms with Crippen LogP contribution in [0.5, 0.6) is 0 Å². The van der Waals surface area contributed by atoms with E-state index in [2.05, 4.69) is 10.1 Å². The van der Waals surface area contributed by atoms with E-state index in [1.54, 1.807) is 18.2 Å². The first-order valence-corrected chi connectivity index (χ1v) is 6.39. The Kier molecular flexibility index (Phi) is 4.10. The van der Waals surface area contributed by atoms with Crippen LogP contribution in [-0.2, 0) is 5.75 Å². The highest BCUT2D eigenvalue weighted by molar-refractivity contribution is 7.98. The Morgan fingerprint density at radius 3 is 3.00 bits per heavy atom. The van der Waals surface area contributed by atoms with Crippen molar-refractivity contribution in [2.24, 2.45) is 0 Å². The highest BCUT2D eigenvalue weighted by atomic mass is 32.2. The van der Waals surface area contributed by atoms with Crippen LogP contribution in [0.25, 0.3) is 11.4 Å². The van der Waals surface area contributed by atoms with Crippen LogP contribution in [0.2, 0.25) is 0 Å². The van der Waals surface area contributed by atoms with Gasteiger partial charge < -0.3 is 4.52 Å². The Balaban J connectivity index is 2.23. The largest absolute Gasteiger partial charge is 0.338 e. The van der Waals surface area contributed by atoms with Gasteiger partial charge in [0.2, 0.25) is 11.7 Å². The maximum Gasteiger partial charge on any atom is 0.280 e. The number of nitriles is 1. The van der Waals surface area contributed by atoms with Crippen LogP contribution in [0, 0.1) is 21.4 Å². The molecule has 8 heteroatoms. The summed E-state index contributed by atoms with van der Waals surface area (Å²) in [6, 6.07) is 8.18. The first kappa shape index (κ1) is 13.0. The van der Waals surface area contributed by atoms with Crippen molar-refractivity contribution < 1.29 is 9.45 Å². The number of para-hydroxylation sites is 1. The lowest BCUT2D eigenvalue weighted by Crippen LogP contribution is -1.92. The molecule has 19 heavy (non-hydrogen) atoms. The van der Waals surface area contributed by atoms with Crippen molar-refractivity contribution in [2.45, 2.75) is 5.75 Å². The molecule has 7 nitrogen and oxygen atoms in total. The van der Waals surface area contributed by atoms with E-state index in [4.69, 9.17) is 9.78 Å². The zero-order valence-electron chi connectivity index (χ0n) is 9.65. The number of nitro benzene ring substituents is 1. The molecule has 0 fully saturated rings. The smallest absolute Gasteiger partial charge is 0.280 e. The second-order valence-corrected chi connectivity index (χ2v) is 4.42. The minimum Gasteiger partial charge on any atom is -0.338 e. The summed E-state index contributed by atoms with van der Waals surface area (Å²) in [6.07, 6.45) is 0. The average molecular weight is 276 g/mol. The molecule has 0 atom stereocenters. The number of thioether (sulfide) groups is 1. The van der Waals surface area contributed by atoms with Crippen molar-refractivity contribution in [2.75, 3.05) is 5.75 Å². The van der Waals surface area contributed by atoms with E-state index in [0.29, 0.717) is 23.0 Å². The normalized spacial score (nSPS) is 10.1. The van der Waals surface area contributed by atoms with Crippen LogP contribution >= 0.6 is 11.8 Å². The molecule has 1 aromatic heterocycles. The molecule has 0 aliphatic carbocycles. The molecule has 0 spiro atoms. The number of nitrogens with zero attached hydrogens (tertiary/aromatic N) is 4. The number of nitro groups is 1. The predicted octanol–water partition coefficient (Wildman–Crippen LogP) is 2.40. The summed E-state index contributed by atoms with van der Waals surface area (Å²) in [5, 5.41) is 23.0. The van der Waals surface area contributed by atoms with Gasteiger partial charge in [0, 0.05) is 6.07 Å². The fourth-order valence-corrected chi connectivity index (χ4v) is 1.91. The molecule has 0 aliphatic rings. The predicted molar refractivity (Wildman–Crippen MR) is 68.2 cm³/mol. The molecular formula is C11H8N4O3S. The lowest BCUT2D eigenvalue weighted by atomic mass is 10.2. The number of benzene rings is 1. The van der Waals surface area contributed by atoms with E-state index >= 15 is 0 Å². The SMILES string of the molecule is N#CCSCc1nc(-c2ccccc2[N+](=O)[O-])no1. The van der Waals surface area contributed by atoms with Crippen molar-refractivity contribution in [3.05, 3.63) is 40.3 Å². The van der Waals surface area contributed by atoms with Gasteiger partial charge in [0.05, 0.1) is 22.5 Å². The lowest BCUT2D eigenvalue weighted by molar-refractivity contribution is -0.384. The van der Waals surface area contributed by atoms with Crippen molar-refractivity contribution in [1.82, 2.24) is 10.1 Å². The molecule has 2 rings (SSSR count). The van der Waals surface area contributed by atoms with Gasteiger partial charge in [-0.25, -0.2) is 0 Å². The Morgan fingerprint density at radius 2 is 2.26 bits per heavy atom. The zero-order chi connectivity index (χ0) is 13.7. The Bertz CT molecular complexity index is 635. The minimum absolute atomic E-state index is 0.0699. The van der Waals surface area contributed by atoms with E-state index in [0.717, 1.165) is 0 Å². The van der Waals surface area contributed by atoms with E-state index in [9.17, 15) is 10.1 Å². The molecular weight excluding hydrogens is 268 g/mol. The maximum absolute atomic E-state index is 10.9. The molecule has 2 aromatic rings. The fourth-order valence-electron chi connectivity index (χ4n) is 1.43. The van der Waals surface area contributed by atoms with Crippen molar-refractivity contribution >= 4 is 17.4 Å². The Morgan fingerprint density at radius 1 is 1.47 bits per heavy atom. The van der Waals surface area contributed by atoms with Crippen LogP contribution in [-0.4, -0.2) is 20.8 Å². The summed E-state index contributed by atoms with van der Waals surface area (Å²) in [5.74, 6) is 1.25. The summed E-state index contributed by atoms with van der Waals surface area (Å²) in [6.45, 7) is 0. The highest BCUT2D eigenvalue weighted by Crippen LogP contribution is 2.27. The number of hydrogen-bond acceptors (Lipinski definition) is 7. The third-order valence-electron chi connectivity index (χ3n) is 2.20. The molecule has 0 saturated heterocycles. The molecule has 0 unspecified atom stereocenters. The topological polar surface area (TPSA) is 106 Å². The summed E-state index contributed by atoms with van der Waals surface area (Å²) < 4.78 is 4.99. The first-order chi connectivity index (χ1) is 9.22. The highest BCUT2D eigenvalue weighted by Gasteiger charge is 2.18. The maximum atomic E-state index is 10.9. The van der Waals surface area contributed by atoms with Gasteiger partial charge in [0.25, 0.3) is 5.69 Å². The molecule has 0 bridgehead atoms. The molecule has 1 aromatic carbocycles. The van der Waals surface area contributed by atoms with Gasteiger partial charge in [-0.2, -0.15) is 10.2 Å². The van der Waals surface area contributed by atoms with Crippen molar-refractivity contribution in [3.8, 4) is 17.5 Å². The standard InChI is InChI=1S/C11H8N4O3S/c12-5-6-19-7-10-13-11(14-18-10)8-3-1-2-4-9(8)15(16)17/h1-4H,6-7H2. The van der Waals surface area contributed by atoms with E-state index in [1.165, 1.54) is 17.8 Å². The van der Waals surface area contributed by atoms with Crippen LogP contribution < -0.4 is 0 Å². The number of hydrogen-bond donors (Lipinski definition) is 0. The van der Waals surface area contributed by atoms with E-state index in [1.807, 2.05) is 6.07 Å². The molecule has 0 N–H and O–H groups in total. The summed E-state index contributed by atoms with van der Waals surface area (Å²) >= 11 is 1.33. The molecule has 0 amide bonds. The van der Waals surface area contributed by atoms with E-state index in [-0.39, 0.29) is 11.5 Å². The first-order valence-electron chi connectivity index (χ1n) is 5.23. The molecule has 96 valence electrons. The second-order valence-electron chi connectivity index (χ2n) is 3.44.